The van der Waals surface area contributed by atoms with E-state index in [-0.39, 0.29) is 13.2 Å². The van der Waals surface area contributed by atoms with E-state index < -0.39 is 41.3 Å². The van der Waals surface area contributed by atoms with Crippen LogP contribution >= 0.6 is 11.6 Å². The van der Waals surface area contributed by atoms with E-state index >= 15 is 0 Å². The van der Waals surface area contributed by atoms with E-state index in [0.717, 1.165) is 22.4 Å². The molecule has 172 valence electrons. The molecule has 0 bridgehead atoms. The summed E-state index contributed by atoms with van der Waals surface area (Å²) in [6.07, 6.45) is 0.845. The number of rotatable bonds is 4. The van der Waals surface area contributed by atoms with Crippen molar-refractivity contribution in [2.75, 3.05) is 18.1 Å². The highest BCUT2D eigenvalue weighted by Crippen LogP contribution is 2.58. The van der Waals surface area contributed by atoms with E-state index in [1.165, 1.54) is 0 Å². The first-order chi connectivity index (χ1) is 15.8. The molecule has 3 amide bonds. The molecule has 2 aromatic rings. The Bertz CT molecular complexity index is 1170. The summed E-state index contributed by atoms with van der Waals surface area (Å²) in [6.45, 7) is 5.85. The van der Waals surface area contributed by atoms with Crippen LogP contribution in [0.4, 0.5) is 10.5 Å². The fourth-order valence-electron chi connectivity index (χ4n) is 5.59. The number of imide groups is 1. The lowest BCUT2D eigenvalue weighted by molar-refractivity contribution is -0.154. The van der Waals surface area contributed by atoms with E-state index in [4.69, 9.17) is 21.1 Å². The van der Waals surface area contributed by atoms with Gasteiger partial charge in [-0.25, -0.2) is 9.69 Å². The summed E-state index contributed by atoms with van der Waals surface area (Å²) >= 11 is 6.15. The molecule has 7 nitrogen and oxygen atoms in total. The molecule has 3 aliphatic rings. The van der Waals surface area contributed by atoms with Gasteiger partial charge in [-0.05, 0) is 50.1 Å². The minimum absolute atomic E-state index is 0.181. The Morgan fingerprint density at radius 2 is 2.00 bits per heavy atom. The third-order valence-electron chi connectivity index (χ3n) is 7.09. The number of hydrogen-bond acceptors (Lipinski definition) is 5. The van der Waals surface area contributed by atoms with Crippen LogP contribution in [-0.2, 0) is 20.7 Å². The first-order valence-electron chi connectivity index (χ1n) is 11.2. The number of carbonyl (C=O) groups is 3. The number of halogens is 1. The highest BCUT2D eigenvalue weighted by molar-refractivity contribution is 6.31. The zero-order valence-corrected chi connectivity index (χ0v) is 19.5. The summed E-state index contributed by atoms with van der Waals surface area (Å²) in [5.41, 5.74) is 0.880. The Balaban J connectivity index is 1.68. The Morgan fingerprint density at radius 3 is 2.70 bits per heavy atom. The molecule has 3 heterocycles. The minimum Gasteiger partial charge on any atom is -0.493 e. The van der Waals surface area contributed by atoms with Crippen molar-refractivity contribution in [3.63, 3.8) is 0 Å². The number of benzene rings is 2. The predicted octanol–water partition coefficient (Wildman–Crippen LogP) is 4.37. The highest BCUT2D eigenvalue weighted by Gasteiger charge is 2.72. The van der Waals surface area contributed by atoms with Gasteiger partial charge in [0.15, 0.2) is 0 Å². The standard InChI is InChI=1S/C25H25ClN2O5/c1-4-14-9-10-17-19(11-14)33-13-18-20(22(29)32-5-2)25(3)23(30)27(24(31)28(25)21(17)18)16-8-6-7-15(26)12-16/h6-12,18,20-21H,4-5,13H2,1-3H3/t18-,20+,21+,25-/m1/s1. The van der Waals surface area contributed by atoms with Crippen LogP contribution in [0.5, 0.6) is 5.75 Å². The highest BCUT2D eigenvalue weighted by atomic mass is 35.5. The number of fused-ring (bicyclic) bond motifs is 5. The Labute approximate surface area is 197 Å². The second-order valence-electron chi connectivity index (χ2n) is 8.80. The first kappa shape index (κ1) is 21.8. The molecule has 3 aliphatic heterocycles. The van der Waals surface area contributed by atoms with Gasteiger partial charge in [-0.15, -0.1) is 0 Å². The molecule has 0 saturated carbocycles. The molecular formula is C25H25ClN2O5. The maximum atomic E-state index is 13.9. The van der Waals surface area contributed by atoms with E-state index in [9.17, 15) is 14.4 Å². The molecular weight excluding hydrogens is 444 g/mol. The lowest BCUT2D eigenvalue weighted by atomic mass is 9.77. The van der Waals surface area contributed by atoms with Crippen LogP contribution in [0.2, 0.25) is 5.02 Å². The monoisotopic (exact) mass is 468 g/mol. The van der Waals surface area contributed by atoms with Gasteiger partial charge in [0.2, 0.25) is 0 Å². The summed E-state index contributed by atoms with van der Waals surface area (Å²) in [4.78, 5) is 43.6. The average Bonchev–Trinajstić information content (AvgIpc) is 3.18. The molecule has 33 heavy (non-hydrogen) atoms. The Morgan fingerprint density at radius 1 is 1.21 bits per heavy atom. The normalized spacial score (nSPS) is 27.7. The van der Waals surface area contributed by atoms with Gasteiger partial charge >= 0.3 is 12.0 Å². The largest absolute Gasteiger partial charge is 0.493 e. The second-order valence-corrected chi connectivity index (χ2v) is 9.23. The second kappa shape index (κ2) is 7.76. The molecule has 0 aromatic heterocycles. The lowest BCUT2D eigenvalue weighted by Gasteiger charge is -2.34. The maximum absolute atomic E-state index is 13.9. The number of amides is 3. The van der Waals surface area contributed by atoms with Crippen molar-refractivity contribution in [2.45, 2.75) is 38.8 Å². The zero-order chi connectivity index (χ0) is 23.5. The fraction of sp³-hybridized carbons (Fsp3) is 0.400. The molecule has 0 spiro atoms. The van der Waals surface area contributed by atoms with Gasteiger partial charge in [0.25, 0.3) is 5.91 Å². The number of nitrogens with zero attached hydrogens (tertiary/aromatic N) is 2. The summed E-state index contributed by atoms with van der Waals surface area (Å²) in [7, 11) is 0. The van der Waals surface area contributed by atoms with Gasteiger partial charge in [-0.2, -0.15) is 0 Å². The van der Waals surface area contributed by atoms with Gasteiger partial charge in [0.05, 0.1) is 30.9 Å². The van der Waals surface area contributed by atoms with Crippen molar-refractivity contribution >= 4 is 35.2 Å². The van der Waals surface area contributed by atoms with Crippen LogP contribution in [0.25, 0.3) is 0 Å². The maximum Gasteiger partial charge on any atom is 0.332 e. The third-order valence-corrected chi connectivity index (χ3v) is 7.33. The lowest BCUT2D eigenvalue weighted by Crippen LogP contribution is -2.51. The van der Waals surface area contributed by atoms with Crippen LogP contribution in [-0.4, -0.2) is 41.6 Å². The molecule has 2 fully saturated rings. The third kappa shape index (κ3) is 2.98. The van der Waals surface area contributed by atoms with Gasteiger partial charge in [0.1, 0.15) is 11.3 Å². The number of anilines is 1. The van der Waals surface area contributed by atoms with Crippen molar-refractivity contribution in [3.8, 4) is 5.75 Å². The Kier molecular flexibility index (Phi) is 5.12. The van der Waals surface area contributed by atoms with Crippen LogP contribution in [0.1, 0.15) is 37.9 Å². The van der Waals surface area contributed by atoms with Crippen molar-refractivity contribution in [3.05, 3.63) is 58.6 Å². The molecule has 2 aromatic carbocycles. The van der Waals surface area contributed by atoms with E-state index in [1.54, 1.807) is 43.0 Å². The van der Waals surface area contributed by atoms with Gasteiger partial charge in [-0.1, -0.05) is 36.7 Å². The van der Waals surface area contributed by atoms with Crippen LogP contribution in [0, 0.1) is 11.8 Å². The number of carbonyl (C=O) groups excluding carboxylic acids is 3. The first-order valence-corrected chi connectivity index (χ1v) is 11.6. The number of hydrogen-bond donors (Lipinski definition) is 0. The topological polar surface area (TPSA) is 76.2 Å². The number of aryl methyl sites for hydroxylation is 1. The fourth-order valence-corrected chi connectivity index (χ4v) is 5.78. The van der Waals surface area contributed by atoms with Crippen LogP contribution in [0.15, 0.2) is 42.5 Å². The van der Waals surface area contributed by atoms with Gasteiger partial charge in [-0.3, -0.25) is 9.59 Å². The molecule has 2 saturated heterocycles. The van der Waals surface area contributed by atoms with Crippen molar-refractivity contribution in [1.82, 2.24) is 4.90 Å². The SMILES string of the molecule is CCOC(=O)[C@@H]1[C@H]2COc3cc(CC)ccc3[C@@H]2N2C(=O)N(c3cccc(Cl)c3)C(=O)[C@@]12C. The summed E-state index contributed by atoms with van der Waals surface area (Å²) < 4.78 is 11.5. The summed E-state index contributed by atoms with van der Waals surface area (Å²) in [5.74, 6) is -1.53. The number of urea groups is 1. The van der Waals surface area contributed by atoms with E-state index in [0.29, 0.717) is 16.5 Å². The minimum atomic E-state index is -1.41. The zero-order valence-electron chi connectivity index (χ0n) is 18.7. The van der Waals surface area contributed by atoms with Crippen LogP contribution < -0.4 is 9.64 Å². The van der Waals surface area contributed by atoms with Crippen molar-refractivity contribution in [2.24, 2.45) is 11.8 Å². The summed E-state index contributed by atoms with van der Waals surface area (Å²) in [6, 6.07) is 11.6. The van der Waals surface area contributed by atoms with Crippen LogP contribution in [0.3, 0.4) is 0 Å². The van der Waals surface area contributed by atoms with Gasteiger partial charge in [0, 0.05) is 16.5 Å². The average molecular weight is 469 g/mol. The summed E-state index contributed by atoms with van der Waals surface area (Å²) in [5, 5.41) is 0.411. The van der Waals surface area contributed by atoms with E-state index in [1.807, 2.05) is 18.2 Å². The molecule has 0 radical (unpaired) electrons. The van der Waals surface area contributed by atoms with Gasteiger partial charge < -0.3 is 14.4 Å². The molecule has 5 rings (SSSR count). The Hall–Kier alpha value is -3.06. The predicted molar refractivity (Wildman–Crippen MR) is 122 cm³/mol. The molecule has 0 aliphatic carbocycles. The smallest absolute Gasteiger partial charge is 0.332 e. The van der Waals surface area contributed by atoms with E-state index in [2.05, 4.69) is 6.92 Å². The number of ether oxygens (including phenoxy) is 2. The molecule has 4 atom stereocenters. The molecule has 0 N–H and O–H groups in total. The number of esters is 1. The molecule has 0 unspecified atom stereocenters. The quantitative estimate of drug-likeness (QED) is 0.492. The van der Waals surface area contributed by atoms with Crippen molar-refractivity contribution < 1.29 is 23.9 Å². The van der Waals surface area contributed by atoms with Crippen molar-refractivity contribution in [1.29, 1.82) is 0 Å². The molecule has 8 heteroatoms.